The standard InChI is InChI=1S/C9H8FN3O2S2/c10-6-1-2-8(12-4-6)13-17(14,15)9-3-7(11)5-16-9/h1-5H,11H2,(H,12,13). The van der Waals surface area contributed by atoms with Crippen LogP contribution in [-0.4, -0.2) is 13.4 Å². The van der Waals surface area contributed by atoms with E-state index in [-0.39, 0.29) is 10.0 Å². The lowest BCUT2D eigenvalue weighted by molar-refractivity contribution is 0.602. The quantitative estimate of drug-likeness (QED) is 0.890. The number of rotatable bonds is 3. The van der Waals surface area contributed by atoms with Crippen LogP contribution < -0.4 is 10.5 Å². The Morgan fingerprint density at radius 3 is 2.71 bits per heavy atom. The van der Waals surface area contributed by atoms with E-state index in [9.17, 15) is 12.8 Å². The molecule has 0 saturated carbocycles. The number of nitrogens with one attached hydrogen (secondary N) is 1. The van der Waals surface area contributed by atoms with Crippen LogP contribution in [0.1, 0.15) is 0 Å². The topological polar surface area (TPSA) is 85.1 Å². The van der Waals surface area contributed by atoms with Crippen molar-refractivity contribution in [2.75, 3.05) is 10.5 Å². The number of hydrogen-bond acceptors (Lipinski definition) is 5. The third-order valence-electron chi connectivity index (χ3n) is 1.83. The summed E-state index contributed by atoms with van der Waals surface area (Å²) in [5.74, 6) is -0.480. The second-order valence-corrected chi connectivity index (χ2v) is 5.99. The number of nitrogens with zero attached hydrogens (tertiary/aromatic N) is 1. The number of pyridine rings is 1. The van der Waals surface area contributed by atoms with E-state index in [2.05, 4.69) is 9.71 Å². The smallest absolute Gasteiger partial charge is 0.272 e. The minimum absolute atomic E-state index is 0.0540. The molecule has 17 heavy (non-hydrogen) atoms. The van der Waals surface area contributed by atoms with Gasteiger partial charge in [-0.15, -0.1) is 11.3 Å². The zero-order valence-corrected chi connectivity index (χ0v) is 10.1. The Morgan fingerprint density at radius 1 is 1.41 bits per heavy atom. The SMILES string of the molecule is Nc1csc(S(=O)(=O)Nc2ccc(F)cn2)c1. The Balaban J connectivity index is 2.26. The first-order valence-electron chi connectivity index (χ1n) is 4.46. The average Bonchev–Trinajstić information content (AvgIpc) is 2.69. The van der Waals surface area contributed by atoms with E-state index < -0.39 is 15.8 Å². The first kappa shape index (κ1) is 11.8. The van der Waals surface area contributed by atoms with Gasteiger partial charge in [-0.3, -0.25) is 4.72 Å². The van der Waals surface area contributed by atoms with Crippen molar-refractivity contribution in [3.05, 3.63) is 35.6 Å². The third kappa shape index (κ3) is 2.71. The molecule has 0 aromatic carbocycles. The highest BCUT2D eigenvalue weighted by Crippen LogP contribution is 2.23. The third-order valence-corrected chi connectivity index (χ3v) is 4.64. The minimum Gasteiger partial charge on any atom is -0.398 e. The minimum atomic E-state index is -3.70. The summed E-state index contributed by atoms with van der Waals surface area (Å²) >= 11 is 1.00. The van der Waals surface area contributed by atoms with Crippen LogP contribution in [0.15, 0.2) is 34.0 Å². The molecule has 0 radical (unpaired) electrons. The van der Waals surface area contributed by atoms with Gasteiger partial charge in [0.15, 0.2) is 0 Å². The first-order chi connectivity index (χ1) is 7.97. The highest BCUT2D eigenvalue weighted by atomic mass is 32.2. The molecule has 2 aromatic rings. The number of sulfonamides is 1. The summed E-state index contributed by atoms with van der Waals surface area (Å²) < 4.78 is 38.5. The monoisotopic (exact) mass is 273 g/mol. The van der Waals surface area contributed by atoms with Crippen molar-refractivity contribution in [2.45, 2.75) is 4.21 Å². The molecule has 90 valence electrons. The van der Waals surface area contributed by atoms with E-state index in [1.807, 2.05) is 0 Å². The van der Waals surface area contributed by atoms with Crippen LogP contribution in [0.5, 0.6) is 0 Å². The first-order valence-corrected chi connectivity index (χ1v) is 6.82. The molecule has 0 fully saturated rings. The van der Waals surface area contributed by atoms with E-state index in [0.29, 0.717) is 5.69 Å². The normalized spacial score (nSPS) is 11.4. The summed E-state index contributed by atoms with van der Waals surface area (Å²) in [6.07, 6.45) is 0.931. The molecule has 0 atom stereocenters. The van der Waals surface area contributed by atoms with Crippen LogP contribution in [-0.2, 0) is 10.0 Å². The number of halogens is 1. The fourth-order valence-electron chi connectivity index (χ4n) is 1.10. The summed E-state index contributed by atoms with van der Waals surface area (Å²) in [6, 6.07) is 3.70. The number of thiophene rings is 1. The fraction of sp³-hybridized carbons (Fsp3) is 0. The number of anilines is 2. The maximum absolute atomic E-state index is 12.6. The summed E-state index contributed by atoms with van der Waals surface area (Å²) in [5.41, 5.74) is 5.82. The molecule has 0 aliphatic carbocycles. The summed E-state index contributed by atoms with van der Waals surface area (Å²) in [6.45, 7) is 0. The molecule has 3 N–H and O–H groups in total. The Morgan fingerprint density at radius 2 is 2.18 bits per heavy atom. The molecule has 2 heterocycles. The molecule has 0 unspecified atom stereocenters. The predicted molar refractivity (Wildman–Crippen MR) is 63.7 cm³/mol. The van der Waals surface area contributed by atoms with Gasteiger partial charge in [-0.25, -0.2) is 17.8 Å². The van der Waals surface area contributed by atoms with Crippen molar-refractivity contribution in [3.63, 3.8) is 0 Å². The lowest BCUT2D eigenvalue weighted by atomic mass is 10.5. The molecule has 0 aliphatic heterocycles. The van der Waals surface area contributed by atoms with E-state index in [1.54, 1.807) is 0 Å². The van der Waals surface area contributed by atoms with Gasteiger partial charge in [0, 0.05) is 11.1 Å². The lowest BCUT2D eigenvalue weighted by Gasteiger charge is -2.04. The van der Waals surface area contributed by atoms with E-state index >= 15 is 0 Å². The van der Waals surface area contributed by atoms with Crippen LogP contribution >= 0.6 is 11.3 Å². The van der Waals surface area contributed by atoms with E-state index in [0.717, 1.165) is 23.6 Å². The van der Waals surface area contributed by atoms with Gasteiger partial charge in [0.05, 0.1) is 6.20 Å². The zero-order valence-electron chi connectivity index (χ0n) is 8.42. The van der Waals surface area contributed by atoms with Crippen molar-refractivity contribution in [1.82, 2.24) is 4.98 Å². The van der Waals surface area contributed by atoms with Gasteiger partial charge in [-0.2, -0.15) is 0 Å². The van der Waals surface area contributed by atoms with Crippen molar-refractivity contribution < 1.29 is 12.8 Å². The molecule has 8 heteroatoms. The maximum atomic E-state index is 12.6. The number of hydrogen-bond donors (Lipinski definition) is 2. The molecule has 2 aromatic heterocycles. The van der Waals surface area contributed by atoms with Gasteiger partial charge < -0.3 is 5.73 Å². The highest BCUT2D eigenvalue weighted by Gasteiger charge is 2.16. The Bertz CT molecular complexity index is 622. The second-order valence-electron chi connectivity index (χ2n) is 3.17. The van der Waals surface area contributed by atoms with Crippen molar-refractivity contribution in [1.29, 1.82) is 0 Å². The van der Waals surface area contributed by atoms with Gasteiger partial charge in [0.2, 0.25) is 0 Å². The molecule has 0 spiro atoms. The molecule has 0 saturated heterocycles. The summed E-state index contributed by atoms with van der Waals surface area (Å²) in [5, 5.41) is 1.52. The van der Waals surface area contributed by atoms with Crippen LogP contribution in [0.25, 0.3) is 0 Å². The van der Waals surface area contributed by atoms with Gasteiger partial charge in [0.25, 0.3) is 10.0 Å². The van der Waals surface area contributed by atoms with Gasteiger partial charge >= 0.3 is 0 Å². The van der Waals surface area contributed by atoms with E-state index in [1.165, 1.54) is 17.5 Å². The molecule has 2 rings (SSSR count). The van der Waals surface area contributed by atoms with Crippen LogP contribution in [0, 0.1) is 5.82 Å². The van der Waals surface area contributed by atoms with Gasteiger partial charge in [-0.1, -0.05) is 0 Å². The van der Waals surface area contributed by atoms with Crippen LogP contribution in [0.3, 0.4) is 0 Å². The molecule has 5 nitrogen and oxygen atoms in total. The number of nitrogens with two attached hydrogens (primary N) is 1. The van der Waals surface area contributed by atoms with Crippen molar-refractivity contribution >= 4 is 32.9 Å². The van der Waals surface area contributed by atoms with Crippen molar-refractivity contribution in [3.8, 4) is 0 Å². The maximum Gasteiger partial charge on any atom is 0.272 e. The zero-order chi connectivity index (χ0) is 12.5. The summed E-state index contributed by atoms with van der Waals surface area (Å²) in [4.78, 5) is 3.60. The number of nitrogen functional groups attached to an aromatic ring is 1. The van der Waals surface area contributed by atoms with Crippen LogP contribution in [0.4, 0.5) is 15.9 Å². The van der Waals surface area contributed by atoms with Crippen LogP contribution in [0.2, 0.25) is 0 Å². The molecule has 0 amide bonds. The Hall–Kier alpha value is -1.67. The molecular weight excluding hydrogens is 265 g/mol. The average molecular weight is 273 g/mol. The largest absolute Gasteiger partial charge is 0.398 e. The Kier molecular flexibility index (Phi) is 2.99. The Labute approximate surface area is 101 Å². The molecule has 0 bridgehead atoms. The number of aromatic nitrogens is 1. The second kappa shape index (κ2) is 4.30. The fourth-order valence-corrected chi connectivity index (χ4v) is 3.18. The van der Waals surface area contributed by atoms with Crippen molar-refractivity contribution in [2.24, 2.45) is 0 Å². The predicted octanol–water partition coefficient (Wildman–Crippen LogP) is 1.67. The van der Waals surface area contributed by atoms with Gasteiger partial charge in [-0.05, 0) is 18.2 Å². The highest BCUT2D eigenvalue weighted by molar-refractivity contribution is 7.94. The molecular formula is C9H8FN3O2S2. The van der Waals surface area contributed by atoms with Gasteiger partial charge in [0.1, 0.15) is 15.8 Å². The van der Waals surface area contributed by atoms with E-state index in [4.69, 9.17) is 5.73 Å². The lowest BCUT2D eigenvalue weighted by Crippen LogP contribution is -2.12. The molecule has 0 aliphatic rings. The summed E-state index contributed by atoms with van der Waals surface area (Å²) in [7, 11) is -3.70.